The largest absolute Gasteiger partial charge is 0.393 e. The van der Waals surface area contributed by atoms with Crippen molar-refractivity contribution >= 4 is 27.4 Å². The summed E-state index contributed by atoms with van der Waals surface area (Å²) in [5.74, 6) is 1.60. The minimum Gasteiger partial charge on any atom is -0.393 e. The quantitative estimate of drug-likeness (QED) is 0.922. The van der Waals surface area contributed by atoms with Crippen LogP contribution in [0, 0.1) is 12.8 Å². The number of aliphatic hydroxyl groups excluding tert-OH is 1. The normalized spacial score (nSPS) is 23.1. The second-order valence-corrected chi connectivity index (χ2v) is 6.38. The van der Waals surface area contributed by atoms with Gasteiger partial charge in [-0.3, -0.25) is 0 Å². The molecule has 2 aromatic rings. The van der Waals surface area contributed by atoms with E-state index in [4.69, 9.17) is 0 Å². The number of nitrogens with zero attached hydrogens (tertiary/aromatic N) is 3. The van der Waals surface area contributed by atoms with Gasteiger partial charge in [0.25, 0.3) is 0 Å². The van der Waals surface area contributed by atoms with Gasteiger partial charge in [-0.1, -0.05) is 0 Å². The molecule has 1 aliphatic carbocycles. The van der Waals surface area contributed by atoms with Crippen molar-refractivity contribution in [2.75, 3.05) is 18.5 Å². The van der Waals surface area contributed by atoms with E-state index in [2.05, 4.69) is 34.9 Å². The molecule has 3 rings (SSSR count). The molecule has 18 heavy (non-hydrogen) atoms. The average Bonchev–Trinajstić information content (AvgIpc) is 2.66. The Labute approximate surface area is 110 Å². The maximum atomic E-state index is 9.33. The first kappa shape index (κ1) is 11.9. The van der Waals surface area contributed by atoms with Crippen molar-refractivity contribution in [3.8, 4) is 0 Å². The van der Waals surface area contributed by atoms with Crippen molar-refractivity contribution in [3.05, 3.63) is 17.3 Å². The van der Waals surface area contributed by atoms with Gasteiger partial charge in [-0.25, -0.2) is 9.97 Å². The molecule has 0 aromatic carbocycles. The molecule has 0 spiro atoms. The lowest BCUT2D eigenvalue weighted by Gasteiger charge is -2.34. The maximum Gasteiger partial charge on any atom is 0.140 e. The summed E-state index contributed by atoms with van der Waals surface area (Å²) in [6.45, 7) is 3.05. The molecule has 2 heterocycles. The SMILES string of the molecule is Cc1cc2c(N(C)CC3CC(O)C3)ncnc2s1. The Morgan fingerprint density at radius 2 is 2.22 bits per heavy atom. The number of aliphatic hydroxyl groups is 1. The number of anilines is 1. The fourth-order valence-electron chi connectivity index (χ4n) is 2.59. The van der Waals surface area contributed by atoms with Crippen LogP contribution < -0.4 is 4.90 Å². The van der Waals surface area contributed by atoms with E-state index in [0.717, 1.165) is 35.4 Å². The van der Waals surface area contributed by atoms with Crippen LogP contribution in [0.4, 0.5) is 5.82 Å². The zero-order valence-corrected chi connectivity index (χ0v) is 11.4. The Morgan fingerprint density at radius 3 is 2.94 bits per heavy atom. The van der Waals surface area contributed by atoms with Crippen molar-refractivity contribution < 1.29 is 5.11 Å². The summed E-state index contributed by atoms with van der Waals surface area (Å²) < 4.78 is 0. The minimum atomic E-state index is -0.0859. The van der Waals surface area contributed by atoms with Crippen molar-refractivity contribution in [1.82, 2.24) is 9.97 Å². The highest BCUT2D eigenvalue weighted by Crippen LogP contribution is 2.32. The fourth-order valence-corrected chi connectivity index (χ4v) is 3.43. The molecular weight excluding hydrogens is 246 g/mol. The van der Waals surface area contributed by atoms with Crippen LogP contribution in [-0.4, -0.2) is 34.8 Å². The summed E-state index contributed by atoms with van der Waals surface area (Å²) in [6.07, 6.45) is 3.39. The molecule has 5 heteroatoms. The lowest BCUT2D eigenvalue weighted by atomic mass is 9.82. The number of hydrogen-bond acceptors (Lipinski definition) is 5. The van der Waals surface area contributed by atoms with Crippen molar-refractivity contribution in [2.45, 2.75) is 25.9 Å². The number of thiophene rings is 1. The van der Waals surface area contributed by atoms with Gasteiger partial charge in [0.1, 0.15) is 17.0 Å². The first-order valence-corrected chi connectivity index (χ1v) is 7.05. The van der Waals surface area contributed by atoms with E-state index in [1.807, 2.05) is 0 Å². The van der Waals surface area contributed by atoms with E-state index >= 15 is 0 Å². The summed E-state index contributed by atoms with van der Waals surface area (Å²) in [6, 6.07) is 2.15. The van der Waals surface area contributed by atoms with Crippen LogP contribution in [0.15, 0.2) is 12.4 Å². The number of aryl methyl sites for hydroxylation is 1. The second kappa shape index (κ2) is 4.48. The Morgan fingerprint density at radius 1 is 1.44 bits per heavy atom. The summed E-state index contributed by atoms with van der Waals surface area (Å²) >= 11 is 1.70. The van der Waals surface area contributed by atoms with Crippen LogP contribution in [0.2, 0.25) is 0 Å². The molecule has 1 aliphatic rings. The molecule has 0 amide bonds. The van der Waals surface area contributed by atoms with Gasteiger partial charge in [-0.15, -0.1) is 11.3 Å². The van der Waals surface area contributed by atoms with Crippen molar-refractivity contribution in [3.63, 3.8) is 0 Å². The van der Waals surface area contributed by atoms with E-state index in [1.54, 1.807) is 17.7 Å². The molecule has 0 radical (unpaired) electrons. The highest BCUT2D eigenvalue weighted by atomic mass is 32.1. The van der Waals surface area contributed by atoms with Crippen LogP contribution >= 0.6 is 11.3 Å². The average molecular weight is 263 g/mol. The predicted molar refractivity (Wildman–Crippen MR) is 74.2 cm³/mol. The summed E-state index contributed by atoms with van der Waals surface area (Å²) in [5.41, 5.74) is 0. The summed E-state index contributed by atoms with van der Waals surface area (Å²) in [7, 11) is 2.07. The van der Waals surface area contributed by atoms with Crippen molar-refractivity contribution in [1.29, 1.82) is 0 Å². The van der Waals surface area contributed by atoms with Crippen LogP contribution in [0.5, 0.6) is 0 Å². The molecular formula is C13H17N3OS. The first-order valence-electron chi connectivity index (χ1n) is 6.24. The Balaban J connectivity index is 1.84. The molecule has 0 saturated heterocycles. The molecule has 0 unspecified atom stereocenters. The maximum absolute atomic E-state index is 9.33. The van der Waals surface area contributed by atoms with Crippen LogP contribution in [0.1, 0.15) is 17.7 Å². The van der Waals surface area contributed by atoms with E-state index in [-0.39, 0.29) is 6.10 Å². The molecule has 0 aliphatic heterocycles. The third-order valence-electron chi connectivity index (χ3n) is 3.54. The summed E-state index contributed by atoms with van der Waals surface area (Å²) in [4.78, 5) is 13.2. The molecule has 2 aromatic heterocycles. The third-order valence-corrected chi connectivity index (χ3v) is 4.49. The highest BCUT2D eigenvalue weighted by molar-refractivity contribution is 7.18. The monoisotopic (exact) mass is 263 g/mol. The van der Waals surface area contributed by atoms with Gasteiger partial charge in [0.05, 0.1) is 11.5 Å². The lowest BCUT2D eigenvalue weighted by Crippen LogP contribution is -2.37. The lowest BCUT2D eigenvalue weighted by molar-refractivity contribution is 0.0464. The molecule has 1 saturated carbocycles. The number of rotatable bonds is 3. The summed E-state index contributed by atoms with van der Waals surface area (Å²) in [5, 5.41) is 10.5. The fraction of sp³-hybridized carbons (Fsp3) is 0.538. The van der Waals surface area contributed by atoms with E-state index in [1.165, 1.54) is 4.88 Å². The highest BCUT2D eigenvalue weighted by Gasteiger charge is 2.28. The van der Waals surface area contributed by atoms with Gasteiger partial charge in [0.15, 0.2) is 0 Å². The topological polar surface area (TPSA) is 49.2 Å². The number of hydrogen-bond donors (Lipinski definition) is 1. The molecule has 0 bridgehead atoms. The second-order valence-electron chi connectivity index (χ2n) is 5.14. The molecule has 1 N–H and O–H groups in total. The van der Waals surface area contributed by atoms with Crippen molar-refractivity contribution in [2.24, 2.45) is 5.92 Å². The smallest absolute Gasteiger partial charge is 0.140 e. The zero-order valence-electron chi connectivity index (χ0n) is 10.6. The molecule has 96 valence electrons. The van der Waals surface area contributed by atoms with E-state index in [0.29, 0.717) is 5.92 Å². The Kier molecular flexibility index (Phi) is 2.95. The van der Waals surface area contributed by atoms with E-state index < -0.39 is 0 Å². The molecule has 0 atom stereocenters. The minimum absolute atomic E-state index is 0.0859. The van der Waals surface area contributed by atoms with Crippen LogP contribution in [-0.2, 0) is 0 Å². The number of aromatic nitrogens is 2. The van der Waals surface area contributed by atoms with E-state index in [9.17, 15) is 5.11 Å². The third kappa shape index (κ3) is 2.08. The van der Waals surface area contributed by atoms with Crippen LogP contribution in [0.3, 0.4) is 0 Å². The Bertz CT molecular complexity index is 562. The van der Waals surface area contributed by atoms with Gasteiger partial charge in [0.2, 0.25) is 0 Å². The van der Waals surface area contributed by atoms with Gasteiger partial charge < -0.3 is 10.0 Å². The van der Waals surface area contributed by atoms with Gasteiger partial charge in [-0.2, -0.15) is 0 Å². The molecule has 4 nitrogen and oxygen atoms in total. The van der Waals surface area contributed by atoms with Gasteiger partial charge in [-0.05, 0) is 31.7 Å². The van der Waals surface area contributed by atoms with Crippen LogP contribution in [0.25, 0.3) is 10.2 Å². The van der Waals surface area contributed by atoms with Gasteiger partial charge in [0, 0.05) is 18.5 Å². The number of fused-ring (bicyclic) bond motifs is 1. The first-order chi connectivity index (χ1) is 8.63. The molecule has 1 fully saturated rings. The standard InChI is InChI=1S/C13H17N3OS/c1-8-3-11-12(14-7-15-13(11)18-8)16(2)6-9-4-10(17)5-9/h3,7,9-10,17H,4-6H2,1-2H3. The zero-order chi connectivity index (χ0) is 12.7. The predicted octanol–water partition coefficient (Wildman–Crippen LogP) is 2.21. The Hall–Kier alpha value is -1.20. The van der Waals surface area contributed by atoms with Gasteiger partial charge >= 0.3 is 0 Å².